The van der Waals surface area contributed by atoms with E-state index in [9.17, 15) is 18.0 Å². The van der Waals surface area contributed by atoms with E-state index in [1.807, 2.05) is 11.8 Å². The second-order valence-electron chi connectivity index (χ2n) is 6.47. The van der Waals surface area contributed by atoms with Crippen LogP contribution in [0.4, 0.5) is 13.2 Å². The van der Waals surface area contributed by atoms with Gasteiger partial charge in [0.1, 0.15) is 0 Å². The number of likely N-dealkylation sites (tertiary alicyclic amines) is 1. The number of benzene rings is 1. The summed E-state index contributed by atoms with van der Waals surface area (Å²) in [4.78, 5) is 14.2. The van der Waals surface area contributed by atoms with Crippen molar-refractivity contribution >= 4 is 33.7 Å². The standard InChI is InChI=1S/C18H23BrF3NO2S/c1-25-17(24)14-7-13(8-16(15(14)9-19)18(20,21)22)10-23-5-3-12(4-6-23)11-26-2/h7-8,12H,3-6,9-11H2,1-2H3. The van der Waals surface area contributed by atoms with Crippen molar-refractivity contribution < 1.29 is 22.7 Å². The van der Waals surface area contributed by atoms with Gasteiger partial charge in [0.2, 0.25) is 0 Å². The van der Waals surface area contributed by atoms with Crippen LogP contribution in [-0.2, 0) is 22.8 Å². The van der Waals surface area contributed by atoms with Gasteiger partial charge in [-0.1, -0.05) is 15.9 Å². The van der Waals surface area contributed by atoms with E-state index in [2.05, 4.69) is 31.8 Å². The maximum absolute atomic E-state index is 13.5. The predicted octanol–water partition coefficient (Wildman–Crippen LogP) is 4.96. The van der Waals surface area contributed by atoms with E-state index in [0.717, 1.165) is 37.8 Å². The van der Waals surface area contributed by atoms with E-state index < -0.39 is 17.7 Å². The zero-order chi connectivity index (χ0) is 19.3. The third-order valence-electron chi connectivity index (χ3n) is 4.67. The van der Waals surface area contributed by atoms with E-state index in [0.29, 0.717) is 18.0 Å². The zero-order valence-electron chi connectivity index (χ0n) is 14.9. The van der Waals surface area contributed by atoms with Gasteiger partial charge in [0.25, 0.3) is 0 Å². The van der Waals surface area contributed by atoms with Crippen molar-refractivity contribution in [3.63, 3.8) is 0 Å². The minimum Gasteiger partial charge on any atom is -0.465 e. The number of thioether (sulfide) groups is 1. The average molecular weight is 454 g/mol. The highest BCUT2D eigenvalue weighted by atomic mass is 79.9. The summed E-state index contributed by atoms with van der Waals surface area (Å²) in [7, 11) is 1.18. The van der Waals surface area contributed by atoms with Crippen LogP contribution in [0.1, 0.15) is 39.9 Å². The lowest BCUT2D eigenvalue weighted by Gasteiger charge is -2.32. The van der Waals surface area contributed by atoms with Crippen LogP contribution < -0.4 is 0 Å². The molecule has 0 bridgehead atoms. The molecule has 1 aliphatic heterocycles. The Balaban J connectivity index is 2.27. The molecular formula is C18H23BrF3NO2S. The molecule has 1 heterocycles. The molecule has 0 radical (unpaired) electrons. The number of ether oxygens (including phenoxy) is 1. The van der Waals surface area contributed by atoms with E-state index in [1.165, 1.54) is 13.2 Å². The Hall–Kier alpha value is -0.730. The molecule has 1 aromatic carbocycles. The molecular weight excluding hydrogens is 431 g/mol. The fraction of sp³-hybridized carbons (Fsp3) is 0.611. The second-order valence-corrected chi connectivity index (χ2v) is 7.94. The largest absolute Gasteiger partial charge is 0.465 e. The molecule has 0 unspecified atom stereocenters. The molecule has 1 fully saturated rings. The summed E-state index contributed by atoms with van der Waals surface area (Å²) in [6.07, 6.45) is -0.329. The summed E-state index contributed by atoms with van der Waals surface area (Å²) in [6, 6.07) is 2.70. The molecule has 1 aromatic rings. The Labute approximate surface area is 164 Å². The maximum Gasteiger partial charge on any atom is 0.416 e. The van der Waals surface area contributed by atoms with Crippen LogP contribution in [0.25, 0.3) is 0 Å². The summed E-state index contributed by atoms with van der Waals surface area (Å²) >= 11 is 4.90. The topological polar surface area (TPSA) is 29.5 Å². The predicted molar refractivity (Wildman–Crippen MR) is 102 cm³/mol. The fourth-order valence-corrected chi connectivity index (χ4v) is 4.73. The van der Waals surface area contributed by atoms with Gasteiger partial charge in [-0.25, -0.2) is 4.79 Å². The number of carbonyl (C=O) groups is 1. The van der Waals surface area contributed by atoms with Crippen molar-refractivity contribution in [2.75, 3.05) is 32.2 Å². The van der Waals surface area contributed by atoms with E-state index in [4.69, 9.17) is 0 Å². The van der Waals surface area contributed by atoms with Gasteiger partial charge in [-0.2, -0.15) is 24.9 Å². The first-order valence-electron chi connectivity index (χ1n) is 8.38. The highest BCUT2D eigenvalue weighted by Gasteiger charge is 2.36. The number of esters is 1. The lowest BCUT2D eigenvalue weighted by molar-refractivity contribution is -0.138. The number of hydrogen-bond acceptors (Lipinski definition) is 4. The van der Waals surface area contributed by atoms with Gasteiger partial charge < -0.3 is 4.74 Å². The molecule has 0 saturated carbocycles. The third kappa shape index (κ3) is 5.39. The highest BCUT2D eigenvalue weighted by molar-refractivity contribution is 9.08. The summed E-state index contributed by atoms with van der Waals surface area (Å²) in [5, 5.41) is -0.0629. The Morgan fingerprint density at radius 2 is 2.00 bits per heavy atom. The number of hydrogen-bond donors (Lipinski definition) is 0. The number of alkyl halides is 4. The van der Waals surface area contributed by atoms with Crippen molar-refractivity contribution in [3.8, 4) is 0 Å². The Morgan fingerprint density at radius 1 is 1.35 bits per heavy atom. The van der Waals surface area contributed by atoms with Gasteiger partial charge in [-0.3, -0.25) is 4.90 Å². The first kappa shape index (κ1) is 21.6. The van der Waals surface area contributed by atoms with Gasteiger partial charge in [0.05, 0.1) is 18.2 Å². The summed E-state index contributed by atoms with van der Waals surface area (Å²) in [5.41, 5.74) is -0.381. The summed E-state index contributed by atoms with van der Waals surface area (Å²) < 4.78 is 45.2. The molecule has 2 rings (SSSR count). The molecule has 0 amide bonds. The lowest BCUT2D eigenvalue weighted by atomic mass is 9.96. The van der Waals surface area contributed by atoms with Gasteiger partial charge in [-0.15, -0.1) is 0 Å². The smallest absolute Gasteiger partial charge is 0.416 e. The Morgan fingerprint density at radius 3 is 2.50 bits per heavy atom. The van der Waals surface area contributed by atoms with Crippen molar-refractivity contribution in [1.29, 1.82) is 0 Å². The molecule has 8 heteroatoms. The average Bonchev–Trinajstić information content (AvgIpc) is 2.61. The van der Waals surface area contributed by atoms with Gasteiger partial charge >= 0.3 is 12.1 Å². The summed E-state index contributed by atoms with van der Waals surface area (Å²) in [6.45, 7) is 2.13. The first-order chi connectivity index (χ1) is 12.3. The van der Waals surface area contributed by atoms with Gasteiger partial charge in [-0.05, 0) is 67.1 Å². The quantitative estimate of drug-likeness (QED) is 0.449. The van der Waals surface area contributed by atoms with Crippen molar-refractivity contribution in [2.24, 2.45) is 5.92 Å². The number of carbonyl (C=O) groups excluding carboxylic acids is 1. The molecule has 0 N–H and O–H groups in total. The second kappa shape index (κ2) is 9.46. The fourth-order valence-electron chi connectivity index (χ4n) is 3.32. The van der Waals surface area contributed by atoms with Gasteiger partial charge in [0.15, 0.2) is 0 Å². The number of nitrogens with zero attached hydrogens (tertiary/aromatic N) is 1. The molecule has 0 atom stereocenters. The molecule has 0 aliphatic carbocycles. The Bertz CT molecular complexity index is 632. The SMILES string of the molecule is COC(=O)c1cc(CN2CCC(CSC)CC2)cc(C(F)(F)F)c1CBr. The van der Waals surface area contributed by atoms with Crippen LogP contribution in [0.2, 0.25) is 0 Å². The molecule has 26 heavy (non-hydrogen) atoms. The van der Waals surface area contributed by atoms with E-state index in [1.54, 1.807) is 0 Å². The number of rotatable bonds is 6. The van der Waals surface area contributed by atoms with Crippen LogP contribution >= 0.6 is 27.7 Å². The normalized spacial score (nSPS) is 16.7. The maximum atomic E-state index is 13.5. The number of methoxy groups -OCH3 is 1. The summed E-state index contributed by atoms with van der Waals surface area (Å²) in [5.74, 6) is 1.05. The highest BCUT2D eigenvalue weighted by Crippen LogP contribution is 2.36. The van der Waals surface area contributed by atoms with E-state index >= 15 is 0 Å². The Kier molecular flexibility index (Phi) is 7.85. The number of piperidine rings is 1. The minimum absolute atomic E-state index is 0.0218. The molecule has 3 nitrogen and oxygen atoms in total. The van der Waals surface area contributed by atoms with Crippen LogP contribution in [-0.4, -0.2) is 43.1 Å². The van der Waals surface area contributed by atoms with E-state index in [-0.39, 0.29) is 16.5 Å². The monoisotopic (exact) mass is 453 g/mol. The molecule has 0 spiro atoms. The van der Waals surface area contributed by atoms with Gasteiger partial charge in [0, 0.05) is 11.9 Å². The van der Waals surface area contributed by atoms with Crippen molar-refractivity contribution in [2.45, 2.75) is 30.9 Å². The van der Waals surface area contributed by atoms with Crippen LogP contribution in [0, 0.1) is 5.92 Å². The zero-order valence-corrected chi connectivity index (χ0v) is 17.3. The van der Waals surface area contributed by atoms with Crippen LogP contribution in [0.3, 0.4) is 0 Å². The molecule has 1 aliphatic rings. The lowest BCUT2D eigenvalue weighted by Crippen LogP contribution is -2.34. The van der Waals surface area contributed by atoms with Crippen molar-refractivity contribution in [3.05, 3.63) is 34.4 Å². The van der Waals surface area contributed by atoms with Crippen LogP contribution in [0.5, 0.6) is 0 Å². The minimum atomic E-state index is -4.52. The molecule has 1 saturated heterocycles. The van der Waals surface area contributed by atoms with Crippen molar-refractivity contribution in [1.82, 2.24) is 4.90 Å². The third-order valence-corrected chi connectivity index (χ3v) is 6.04. The number of halogens is 4. The molecule has 146 valence electrons. The van der Waals surface area contributed by atoms with Crippen LogP contribution in [0.15, 0.2) is 12.1 Å². The first-order valence-corrected chi connectivity index (χ1v) is 10.9. The molecule has 0 aromatic heterocycles.